The molecule has 3 aromatic rings. The number of nitrogens with one attached hydrogen (secondary N) is 1. The highest BCUT2D eigenvalue weighted by Crippen LogP contribution is 2.36. The van der Waals surface area contributed by atoms with Crippen LogP contribution in [0.5, 0.6) is 5.75 Å². The SMILES string of the molecule is CC1CCc2c(sc3nc(C(C)N4CCN(CCOc5ccccc5)CC4)[nH]c(=O)c23)C1. The molecule has 0 radical (unpaired) electrons. The molecule has 2 aromatic heterocycles. The Balaban J connectivity index is 1.20. The first kappa shape index (κ1) is 21.6. The van der Waals surface area contributed by atoms with Gasteiger partial charge in [0.1, 0.15) is 23.0 Å². The van der Waals surface area contributed by atoms with Crippen molar-refractivity contribution in [1.82, 2.24) is 19.8 Å². The number of hydrogen-bond acceptors (Lipinski definition) is 6. The third-order valence-electron chi connectivity index (χ3n) is 6.95. The zero-order valence-electron chi connectivity index (χ0n) is 19.0. The predicted molar refractivity (Wildman–Crippen MR) is 130 cm³/mol. The number of H-pyrrole nitrogens is 1. The molecule has 2 unspecified atom stereocenters. The lowest BCUT2D eigenvalue weighted by Crippen LogP contribution is -2.48. The lowest BCUT2D eigenvalue weighted by atomic mass is 9.89. The Labute approximate surface area is 193 Å². The average molecular weight is 453 g/mol. The zero-order chi connectivity index (χ0) is 22.1. The molecular weight excluding hydrogens is 420 g/mol. The van der Waals surface area contributed by atoms with Gasteiger partial charge in [0.15, 0.2) is 0 Å². The highest BCUT2D eigenvalue weighted by atomic mass is 32.1. The van der Waals surface area contributed by atoms with Crippen LogP contribution in [0.25, 0.3) is 10.2 Å². The van der Waals surface area contributed by atoms with Crippen LogP contribution < -0.4 is 10.3 Å². The van der Waals surface area contributed by atoms with E-state index in [2.05, 4.69) is 28.6 Å². The van der Waals surface area contributed by atoms with Crippen LogP contribution in [-0.2, 0) is 12.8 Å². The van der Waals surface area contributed by atoms with Crippen LogP contribution in [0.4, 0.5) is 0 Å². The summed E-state index contributed by atoms with van der Waals surface area (Å²) in [6, 6.07) is 10.1. The van der Waals surface area contributed by atoms with Crippen molar-refractivity contribution in [3.63, 3.8) is 0 Å². The molecule has 1 saturated heterocycles. The predicted octanol–water partition coefficient (Wildman–Crippen LogP) is 3.87. The fraction of sp³-hybridized carbons (Fsp3) is 0.520. The minimum Gasteiger partial charge on any atom is -0.492 e. The second-order valence-corrected chi connectivity index (χ2v) is 10.3. The fourth-order valence-corrected chi connectivity index (χ4v) is 6.31. The van der Waals surface area contributed by atoms with Gasteiger partial charge in [-0.25, -0.2) is 4.98 Å². The number of benzene rings is 1. The maximum absolute atomic E-state index is 13.0. The molecule has 32 heavy (non-hydrogen) atoms. The summed E-state index contributed by atoms with van der Waals surface area (Å²) in [6.07, 6.45) is 3.25. The number of piperazine rings is 1. The van der Waals surface area contributed by atoms with Gasteiger partial charge in [0.2, 0.25) is 0 Å². The number of aromatic amines is 1. The first-order valence-corrected chi connectivity index (χ1v) is 12.6. The molecule has 6 nitrogen and oxygen atoms in total. The standard InChI is InChI=1S/C25H32N4O2S/c1-17-8-9-20-21(16-17)32-25-22(20)24(30)26-23(27-25)18(2)29-12-10-28(11-13-29)14-15-31-19-6-4-3-5-7-19/h3-7,17-18H,8-16H2,1-2H3,(H,26,27,30). The lowest BCUT2D eigenvalue weighted by molar-refractivity contribution is 0.0891. The third kappa shape index (κ3) is 4.47. The van der Waals surface area contributed by atoms with E-state index in [1.807, 2.05) is 30.3 Å². The Morgan fingerprint density at radius 1 is 1.22 bits per heavy atom. The first-order valence-electron chi connectivity index (χ1n) is 11.8. The highest BCUT2D eigenvalue weighted by molar-refractivity contribution is 7.18. The average Bonchev–Trinajstić information content (AvgIpc) is 3.17. The molecule has 2 aliphatic rings. The summed E-state index contributed by atoms with van der Waals surface area (Å²) in [5.41, 5.74) is 1.29. The molecule has 1 aromatic carbocycles. The highest BCUT2D eigenvalue weighted by Gasteiger charge is 2.26. The number of aromatic nitrogens is 2. The van der Waals surface area contributed by atoms with Gasteiger partial charge in [0.25, 0.3) is 5.56 Å². The van der Waals surface area contributed by atoms with Crippen molar-refractivity contribution in [2.75, 3.05) is 39.3 Å². The monoisotopic (exact) mass is 452 g/mol. The number of ether oxygens (including phenoxy) is 1. The number of thiophene rings is 1. The fourth-order valence-electron chi connectivity index (χ4n) is 4.92. The van der Waals surface area contributed by atoms with E-state index in [1.54, 1.807) is 11.3 Å². The van der Waals surface area contributed by atoms with E-state index >= 15 is 0 Å². The second kappa shape index (κ2) is 9.33. The van der Waals surface area contributed by atoms with Gasteiger partial charge >= 0.3 is 0 Å². The van der Waals surface area contributed by atoms with Crippen molar-refractivity contribution in [1.29, 1.82) is 0 Å². The zero-order valence-corrected chi connectivity index (χ0v) is 19.8. The van der Waals surface area contributed by atoms with Gasteiger partial charge in [-0.15, -0.1) is 11.3 Å². The van der Waals surface area contributed by atoms with Gasteiger partial charge in [-0.05, 0) is 49.8 Å². The number of hydrogen-bond donors (Lipinski definition) is 1. The van der Waals surface area contributed by atoms with Crippen LogP contribution >= 0.6 is 11.3 Å². The summed E-state index contributed by atoms with van der Waals surface area (Å²) in [6.45, 7) is 10.0. The Kier molecular flexibility index (Phi) is 6.31. The van der Waals surface area contributed by atoms with Crippen LogP contribution in [-0.4, -0.2) is 59.1 Å². The van der Waals surface area contributed by atoms with Gasteiger partial charge in [-0.1, -0.05) is 25.1 Å². The van der Waals surface area contributed by atoms with Gasteiger partial charge in [-0.2, -0.15) is 0 Å². The summed E-state index contributed by atoms with van der Waals surface area (Å²) in [5, 5.41) is 0.844. The number of fused-ring (bicyclic) bond motifs is 3. The maximum Gasteiger partial charge on any atom is 0.259 e. The Morgan fingerprint density at radius 2 is 2.00 bits per heavy atom. The molecule has 3 heterocycles. The normalized spacial score (nSPS) is 20.9. The topological polar surface area (TPSA) is 61.5 Å². The van der Waals surface area contributed by atoms with Crippen molar-refractivity contribution >= 4 is 21.6 Å². The van der Waals surface area contributed by atoms with Crippen LogP contribution in [0.1, 0.15) is 42.6 Å². The molecule has 1 aliphatic heterocycles. The molecular formula is C25H32N4O2S. The lowest BCUT2D eigenvalue weighted by Gasteiger charge is -2.37. The van der Waals surface area contributed by atoms with Crippen LogP contribution in [0.2, 0.25) is 0 Å². The molecule has 7 heteroatoms. The molecule has 1 aliphatic carbocycles. The number of aryl methyl sites for hydroxylation is 1. The summed E-state index contributed by atoms with van der Waals surface area (Å²) < 4.78 is 5.84. The van der Waals surface area contributed by atoms with E-state index in [-0.39, 0.29) is 11.6 Å². The quantitative estimate of drug-likeness (QED) is 0.615. The van der Waals surface area contributed by atoms with E-state index in [4.69, 9.17) is 9.72 Å². The van der Waals surface area contributed by atoms with Crippen molar-refractivity contribution < 1.29 is 4.74 Å². The summed E-state index contributed by atoms with van der Waals surface area (Å²) in [5.74, 6) is 2.42. The molecule has 0 saturated carbocycles. The molecule has 0 spiro atoms. The molecule has 1 fully saturated rings. The minimum atomic E-state index is 0.0422. The summed E-state index contributed by atoms with van der Waals surface area (Å²) >= 11 is 1.73. The largest absolute Gasteiger partial charge is 0.492 e. The smallest absolute Gasteiger partial charge is 0.259 e. The molecule has 5 rings (SSSR count). The Morgan fingerprint density at radius 3 is 2.78 bits per heavy atom. The van der Waals surface area contributed by atoms with Crippen LogP contribution in [0, 0.1) is 5.92 Å². The number of para-hydroxylation sites is 1. The van der Waals surface area contributed by atoms with E-state index < -0.39 is 0 Å². The van der Waals surface area contributed by atoms with Gasteiger partial charge in [-0.3, -0.25) is 14.6 Å². The van der Waals surface area contributed by atoms with Crippen molar-refractivity contribution in [3.8, 4) is 5.75 Å². The number of rotatable bonds is 6. The minimum absolute atomic E-state index is 0.0422. The molecule has 170 valence electrons. The van der Waals surface area contributed by atoms with Gasteiger partial charge in [0, 0.05) is 37.6 Å². The second-order valence-electron chi connectivity index (χ2n) is 9.20. The van der Waals surface area contributed by atoms with Crippen molar-refractivity contribution in [2.45, 2.75) is 39.2 Å². The Bertz CT molecular complexity index is 1120. The van der Waals surface area contributed by atoms with E-state index in [0.29, 0.717) is 12.5 Å². The first-order chi connectivity index (χ1) is 15.6. The van der Waals surface area contributed by atoms with E-state index in [1.165, 1.54) is 10.4 Å². The molecule has 2 atom stereocenters. The van der Waals surface area contributed by atoms with E-state index in [9.17, 15) is 4.79 Å². The maximum atomic E-state index is 13.0. The van der Waals surface area contributed by atoms with Gasteiger partial charge < -0.3 is 9.72 Å². The van der Waals surface area contributed by atoms with Crippen molar-refractivity contribution in [2.24, 2.45) is 5.92 Å². The molecule has 1 N–H and O–H groups in total. The van der Waals surface area contributed by atoms with Crippen LogP contribution in [0.15, 0.2) is 35.1 Å². The van der Waals surface area contributed by atoms with Crippen molar-refractivity contribution in [3.05, 3.63) is 57.0 Å². The van der Waals surface area contributed by atoms with Gasteiger partial charge in [0.05, 0.1) is 11.4 Å². The molecule has 0 bridgehead atoms. The third-order valence-corrected chi connectivity index (χ3v) is 8.10. The van der Waals surface area contributed by atoms with E-state index in [0.717, 1.165) is 73.8 Å². The Hall–Kier alpha value is -2.22. The summed E-state index contributed by atoms with van der Waals surface area (Å²) in [7, 11) is 0. The molecule has 0 amide bonds. The number of nitrogens with zero attached hydrogens (tertiary/aromatic N) is 3. The summed E-state index contributed by atoms with van der Waals surface area (Å²) in [4.78, 5) is 28.2. The van der Waals surface area contributed by atoms with Crippen LogP contribution in [0.3, 0.4) is 0 Å².